The largest absolute Gasteiger partial charge is 0.463 e. The highest BCUT2D eigenvalue weighted by molar-refractivity contribution is 5.84. The molecule has 1 heterocycles. The normalized spacial score (nSPS) is 27.3. The lowest BCUT2D eigenvalue weighted by Gasteiger charge is -2.24. The molecule has 2 atom stereocenters. The molecule has 1 rings (SSSR count). The second-order valence-electron chi connectivity index (χ2n) is 3.92. The Balaban J connectivity index is 2.80. The lowest BCUT2D eigenvalue weighted by molar-refractivity contribution is -0.274. The number of nitrogens with zero attached hydrogens (tertiary/aromatic N) is 1. The van der Waals surface area contributed by atoms with Gasteiger partial charge in [-0.1, -0.05) is 6.92 Å². The Morgan fingerprint density at radius 2 is 1.75 bits per heavy atom. The summed E-state index contributed by atoms with van der Waals surface area (Å²) in [5.41, 5.74) is 5.44. The average Bonchev–Trinajstić information content (AvgIpc) is 2.43. The van der Waals surface area contributed by atoms with Crippen molar-refractivity contribution in [3.05, 3.63) is 0 Å². The number of carbonyl (C=O) groups excluding carboxylic acids is 1. The van der Waals surface area contributed by atoms with Crippen molar-refractivity contribution in [3.8, 4) is 0 Å². The summed E-state index contributed by atoms with van der Waals surface area (Å²) in [7, 11) is 0. The molecule has 0 radical (unpaired) electrons. The third-order valence-corrected chi connectivity index (χ3v) is 2.58. The van der Waals surface area contributed by atoms with Crippen molar-refractivity contribution in [3.63, 3.8) is 0 Å². The minimum Gasteiger partial charge on any atom is -0.335 e. The first kappa shape index (κ1) is 13.1. The van der Waals surface area contributed by atoms with Crippen molar-refractivity contribution in [2.75, 3.05) is 13.1 Å². The van der Waals surface area contributed by atoms with E-state index >= 15 is 0 Å². The molecular formula is C8H11F5N2O. The number of alkyl halides is 5. The quantitative estimate of drug-likeness (QED) is 0.701. The fourth-order valence-corrected chi connectivity index (χ4v) is 1.48. The summed E-state index contributed by atoms with van der Waals surface area (Å²) in [4.78, 5) is 11.5. The van der Waals surface area contributed by atoms with Crippen LogP contribution in [0.15, 0.2) is 0 Å². The summed E-state index contributed by atoms with van der Waals surface area (Å²) in [5, 5.41) is 0. The number of carbonyl (C=O) groups is 1. The van der Waals surface area contributed by atoms with Gasteiger partial charge in [0.25, 0.3) is 0 Å². The lowest BCUT2D eigenvalue weighted by Crippen LogP contribution is -2.51. The second kappa shape index (κ2) is 3.83. The number of hydrogen-bond acceptors (Lipinski definition) is 2. The van der Waals surface area contributed by atoms with Crippen LogP contribution in [0.1, 0.15) is 6.92 Å². The summed E-state index contributed by atoms with van der Waals surface area (Å²) in [6.45, 7) is 1.14. The minimum absolute atomic E-state index is 0.175. The van der Waals surface area contributed by atoms with Crippen molar-refractivity contribution in [1.29, 1.82) is 0 Å². The molecule has 0 aromatic rings. The van der Waals surface area contributed by atoms with E-state index in [1.165, 1.54) is 0 Å². The van der Waals surface area contributed by atoms with Crippen LogP contribution in [0.4, 0.5) is 22.0 Å². The van der Waals surface area contributed by atoms with Gasteiger partial charge in [0.1, 0.15) is 0 Å². The van der Waals surface area contributed by atoms with Crippen LogP contribution < -0.4 is 5.73 Å². The predicted octanol–water partition coefficient (Wildman–Crippen LogP) is 0.990. The first-order valence-corrected chi connectivity index (χ1v) is 4.57. The number of rotatable bonds is 1. The van der Waals surface area contributed by atoms with Gasteiger partial charge in [-0.15, -0.1) is 0 Å². The van der Waals surface area contributed by atoms with Crippen LogP contribution in [0.5, 0.6) is 0 Å². The highest BCUT2D eigenvalue weighted by Gasteiger charge is 2.65. The molecule has 0 aliphatic carbocycles. The standard InChI is InChI=1S/C8H11F5N2O/c1-4-2-15(3-5(4)14)6(16)7(9,10)8(11,12)13/h4-5H,2-3,14H2,1H3. The van der Waals surface area contributed by atoms with E-state index in [0.717, 1.165) is 0 Å². The molecule has 3 nitrogen and oxygen atoms in total. The van der Waals surface area contributed by atoms with Gasteiger partial charge in [0.2, 0.25) is 0 Å². The molecule has 1 aliphatic heterocycles. The van der Waals surface area contributed by atoms with E-state index < -0.39 is 24.0 Å². The summed E-state index contributed by atoms with van der Waals surface area (Å²) >= 11 is 0. The monoisotopic (exact) mass is 246 g/mol. The molecule has 2 unspecified atom stereocenters. The van der Waals surface area contributed by atoms with Crippen LogP contribution in [0, 0.1) is 5.92 Å². The van der Waals surface area contributed by atoms with Gasteiger partial charge in [-0.3, -0.25) is 4.79 Å². The van der Waals surface area contributed by atoms with Crippen LogP contribution in [0.2, 0.25) is 0 Å². The lowest BCUT2D eigenvalue weighted by atomic mass is 10.1. The molecule has 16 heavy (non-hydrogen) atoms. The molecule has 2 N–H and O–H groups in total. The Bertz CT molecular complexity index is 281. The van der Waals surface area contributed by atoms with Crippen molar-refractivity contribution >= 4 is 5.91 Å². The molecule has 0 aromatic carbocycles. The maximum Gasteiger partial charge on any atom is 0.463 e. The SMILES string of the molecule is CC1CN(C(=O)C(F)(F)C(F)(F)F)CC1N. The molecule has 1 amide bonds. The van der Waals surface area contributed by atoms with Crippen LogP contribution in [-0.4, -0.2) is 42.0 Å². The van der Waals surface area contributed by atoms with Gasteiger partial charge in [0.05, 0.1) is 0 Å². The number of nitrogens with two attached hydrogens (primary N) is 1. The highest BCUT2D eigenvalue weighted by Crippen LogP contribution is 2.37. The maximum atomic E-state index is 12.7. The first-order chi connectivity index (χ1) is 7.07. The Labute approximate surface area is 88.4 Å². The van der Waals surface area contributed by atoms with E-state index in [2.05, 4.69) is 0 Å². The molecule has 0 bridgehead atoms. The molecular weight excluding hydrogens is 235 g/mol. The molecule has 1 saturated heterocycles. The minimum atomic E-state index is -5.86. The fraction of sp³-hybridized carbons (Fsp3) is 0.875. The van der Waals surface area contributed by atoms with Crippen LogP contribution >= 0.6 is 0 Å². The zero-order valence-corrected chi connectivity index (χ0v) is 8.39. The third-order valence-electron chi connectivity index (χ3n) is 2.58. The van der Waals surface area contributed by atoms with Gasteiger partial charge in [-0.05, 0) is 5.92 Å². The number of amides is 1. The molecule has 8 heteroatoms. The van der Waals surface area contributed by atoms with Crippen molar-refractivity contribution in [2.45, 2.75) is 25.1 Å². The second-order valence-corrected chi connectivity index (χ2v) is 3.92. The van der Waals surface area contributed by atoms with Gasteiger partial charge in [-0.2, -0.15) is 22.0 Å². The summed E-state index contributed by atoms with van der Waals surface area (Å²) in [6, 6.07) is -0.562. The van der Waals surface area contributed by atoms with E-state index in [9.17, 15) is 26.7 Å². The summed E-state index contributed by atoms with van der Waals surface area (Å²) in [6.07, 6.45) is -5.86. The molecule has 0 spiro atoms. The summed E-state index contributed by atoms with van der Waals surface area (Å²) < 4.78 is 61.1. The maximum absolute atomic E-state index is 12.7. The van der Waals surface area contributed by atoms with E-state index in [1.54, 1.807) is 6.92 Å². The zero-order chi connectivity index (χ0) is 12.7. The Hall–Kier alpha value is -0.920. The third kappa shape index (κ3) is 2.11. The molecule has 1 aliphatic rings. The average molecular weight is 246 g/mol. The van der Waals surface area contributed by atoms with E-state index in [4.69, 9.17) is 5.73 Å². The first-order valence-electron chi connectivity index (χ1n) is 4.57. The Kier molecular flexibility index (Phi) is 3.15. The van der Waals surface area contributed by atoms with Crippen LogP contribution in [0.3, 0.4) is 0 Å². The Morgan fingerprint density at radius 3 is 2.06 bits per heavy atom. The molecule has 0 aromatic heterocycles. The van der Waals surface area contributed by atoms with E-state index in [-0.39, 0.29) is 19.0 Å². The van der Waals surface area contributed by atoms with Gasteiger partial charge in [0.15, 0.2) is 0 Å². The van der Waals surface area contributed by atoms with Gasteiger partial charge in [0, 0.05) is 19.1 Å². The number of halogens is 5. The van der Waals surface area contributed by atoms with E-state index in [0.29, 0.717) is 4.90 Å². The van der Waals surface area contributed by atoms with Crippen LogP contribution in [-0.2, 0) is 4.79 Å². The Morgan fingerprint density at radius 1 is 1.25 bits per heavy atom. The molecule has 1 fully saturated rings. The van der Waals surface area contributed by atoms with Crippen molar-refractivity contribution in [2.24, 2.45) is 11.7 Å². The topological polar surface area (TPSA) is 46.3 Å². The van der Waals surface area contributed by atoms with Crippen molar-refractivity contribution in [1.82, 2.24) is 4.90 Å². The number of hydrogen-bond donors (Lipinski definition) is 1. The van der Waals surface area contributed by atoms with Gasteiger partial charge in [-0.25, -0.2) is 0 Å². The smallest absolute Gasteiger partial charge is 0.335 e. The molecule has 0 saturated carbocycles. The van der Waals surface area contributed by atoms with Gasteiger partial charge >= 0.3 is 18.0 Å². The number of likely N-dealkylation sites (tertiary alicyclic amines) is 1. The van der Waals surface area contributed by atoms with Crippen LogP contribution in [0.25, 0.3) is 0 Å². The highest BCUT2D eigenvalue weighted by atomic mass is 19.4. The van der Waals surface area contributed by atoms with Gasteiger partial charge < -0.3 is 10.6 Å². The van der Waals surface area contributed by atoms with Crippen molar-refractivity contribution < 1.29 is 26.7 Å². The fourth-order valence-electron chi connectivity index (χ4n) is 1.48. The predicted molar refractivity (Wildman–Crippen MR) is 44.7 cm³/mol. The zero-order valence-electron chi connectivity index (χ0n) is 8.39. The molecule has 94 valence electrons. The summed E-state index contributed by atoms with van der Waals surface area (Å²) in [5.74, 6) is -7.84. The van der Waals surface area contributed by atoms with E-state index in [1.807, 2.05) is 0 Å².